The highest BCUT2D eigenvalue weighted by Crippen LogP contribution is 2.31. The first-order valence-corrected chi connectivity index (χ1v) is 7.94. The molecule has 0 atom stereocenters. The molecule has 0 saturated heterocycles. The van der Waals surface area contributed by atoms with E-state index in [0.717, 1.165) is 4.57 Å². The maximum atomic E-state index is 13.3. The smallest absolute Gasteiger partial charge is 0.355 e. The molecular weight excluding hydrogens is 361 g/mol. The van der Waals surface area contributed by atoms with Gasteiger partial charge in [-0.05, 0) is 30.3 Å². The highest BCUT2D eigenvalue weighted by Gasteiger charge is 2.38. The minimum atomic E-state index is -4.70. The molecule has 9 heteroatoms. The van der Waals surface area contributed by atoms with Crippen LogP contribution in [0.1, 0.15) is 16.2 Å². The molecule has 1 aromatic heterocycles. The van der Waals surface area contributed by atoms with E-state index in [1.54, 1.807) is 30.3 Å². The van der Waals surface area contributed by atoms with Gasteiger partial charge in [0.1, 0.15) is 6.54 Å². The van der Waals surface area contributed by atoms with Crippen LogP contribution < -0.4 is 10.6 Å². The number of nitrogens with zero attached hydrogens (tertiary/aromatic N) is 2. The van der Waals surface area contributed by atoms with Crippen molar-refractivity contribution in [1.82, 2.24) is 14.9 Å². The average molecular weight is 376 g/mol. The summed E-state index contributed by atoms with van der Waals surface area (Å²) in [4.78, 5) is 27.6. The van der Waals surface area contributed by atoms with E-state index < -0.39 is 24.5 Å². The number of aromatic nitrogens is 2. The van der Waals surface area contributed by atoms with E-state index in [9.17, 15) is 22.8 Å². The summed E-state index contributed by atoms with van der Waals surface area (Å²) >= 11 is 0. The molecule has 27 heavy (non-hydrogen) atoms. The van der Waals surface area contributed by atoms with Crippen LogP contribution >= 0.6 is 0 Å². The first-order chi connectivity index (χ1) is 12.8. The molecule has 3 rings (SSSR count). The zero-order valence-corrected chi connectivity index (χ0v) is 14.2. The standard InChI is InChI=1S/C18H15F3N4O2/c1-22-16(27)11-5-4-6-12(9-11)23-15(26)10-25-14-8-3-2-7-13(14)24-17(25)18(19,20)21/h2-9H,10H2,1H3,(H,22,27)(H,23,26). The van der Waals surface area contributed by atoms with Crippen molar-refractivity contribution in [2.75, 3.05) is 12.4 Å². The number of rotatable bonds is 4. The fourth-order valence-electron chi connectivity index (χ4n) is 2.68. The summed E-state index contributed by atoms with van der Waals surface area (Å²) in [5, 5.41) is 4.96. The maximum absolute atomic E-state index is 13.3. The Labute approximate surface area is 152 Å². The van der Waals surface area contributed by atoms with Gasteiger partial charge in [0.25, 0.3) is 5.91 Å². The molecule has 2 N–H and O–H groups in total. The number of imidazole rings is 1. The Morgan fingerprint density at radius 1 is 1.11 bits per heavy atom. The molecule has 0 aliphatic rings. The Balaban J connectivity index is 1.88. The average Bonchev–Trinajstić information content (AvgIpc) is 3.00. The van der Waals surface area contributed by atoms with Gasteiger partial charge in [0.2, 0.25) is 11.7 Å². The van der Waals surface area contributed by atoms with E-state index in [2.05, 4.69) is 15.6 Å². The highest BCUT2D eigenvalue weighted by molar-refractivity contribution is 5.97. The van der Waals surface area contributed by atoms with Gasteiger partial charge in [-0.1, -0.05) is 18.2 Å². The van der Waals surface area contributed by atoms with Crippen LogP contribution in [0.25, 0.3) is 11.0 Å². The highest BCUT2D eigenvalue weighted by atomic mass is 19.4. The van der Waals surface area contributed by atoms with Gasteiger partial charge in [-0.3, -0.25) is 9.59 Å². The van der Waals surface area contributed by atoms with E-state index in [1.807, 2.05) is 0 Å². The topological polar surface area (TPSA) is 76.0 Å². The van der Waals surface area contributed by atoms with E-state index in [4.69, 9.17) is 0 Å². The van der Waals surface area contributed by atoms with Gasteiger partial charge in [0.05, 0.1) is 11.0 Å². The second-order valence-corrected chi connectivity index (χ2v) is 5.72. The first kappa shape index (κ1) is 18.4. The minimum Gasteiger partial charge on any atom is -0.355 e. The summed E-state index contributed by atoms with van der Waals surface area (Å²) in [5.74, 6) is -2.15. The summed E-state index contributed by atoms with van der Waals surface area (Å²) in [5.41, 5.74) is 0.983. The van der Waals surface area contributed by atoms with E-state index in [0.29, 0.717) is 11.3 Å². The molecule has 0 aliphatic heterocycles. The SMILES string of the molecule is CNC(=O)c1cccc(NC(=O)Cn2c(C(F)(F)F)nc3ccccc32)c1. The second-order valence-electron chi connectivity index (χ2n) is 5.72. The molecule has 2 aromatic carbocycles. The molecule has 1 heterocycles. The van der Waals surface area contributed by atoms with Crippen molar-refractivity contribution in [2.24, 2.45) is 0 Å². The third kappa shape index (κ3) is 3.91. The normalized spacial score (nSPS) is 11.4. The molecule has 2 amide bonds. The molecule has 0 spiro atoms. The number of fused-ring (bicyclic) bond motifs is 1. The number of benzene rings is 2. The summed E-state index contributed by atoms with van der Waals surface area (Å²) in [6.45, 7) is -0.570. The van der Waals surface area contributed by atoms with E-state index >= 15 is 0 Å². The van der Waals surface area contributed by atoms with Crippen LogP contribution in [0.5, 0.6) is 0 Å². The summed E-state index contributed by atoms with van der Waals surface area (Å²) in [6, 6.07) is 12.2. The van der Waals surface area contributed by atoms with Crippen molar-refractivity contribution in [2.45, 2.75) is 12.7 Å². The van der Waals surface area contributed by atoms with Crippen LogP contribution in [-0.2, 0) is 17.5 Å². The van der Waals surface area contributed by atoms with Crippen LogP contribution in [0.2, 0.25) is 0 Å². The van der Waals surface area contributed by atoms with Gasteiger partial charge >= 0.3 is 6.18 Å². The Morgan fingerprint density at radius 3 is 2.56 bits per heavy atom. The number of halogens is 3. The largest absolute Gasteiger partial charge is 0.449 e. The first-order valence-electron chi connectivity index (χ1n) is 7.94. The Morgan fingerprint density at radius 2 is 1.85 bits per heavy atom. The van der Waals surface area contributed by atoms with E-state index in [1.165, 1.54) is 25.2 Å². The lowest BCUT2D eigenvalue weighted by atomic mass is 10.2. The zero-order valence-electron chi connectivity index (χ0n) is 14.2. The summed E-state index contributed by atoms with van der Waals surface area (Å²) in [6.07, 6.45) is -4.70. The van der Waals surface area contributed by atoms with Crippen LogP contribution in [0, 0.1) is 0 Å². The van der Waals surface area contributed by atoms with Gasteiger partial charge in [0, 0.05) is 18.3 Å². The predicted molar refractivity (Wildman–Crippen MR) is 93.2 cm³/mol. The Hall–Kier alpha value is -3.36. The molecule has 0 bridgehead atoms. The van der Waals surface area contributed by atoms with Crippen LogP contribution in [-0.4, -0.2) is 28.4 Å². The number of amides is 2. The summed E-state index contributed by atoms with van der Waals surface area (Å²) < 4.78 is 40.7. The second kappa shape index (κ2) is 7.10. The van der Waals surface area contributed by atoms with Crippen molar-refractivity contribution in [1.29, 1.82) is 0 Å². The lowest BCUT2D eigenvalue weighted by Crippen LogP contribution is -2.23. The molecule has 0 fully saturated rings. The molecule has 3 aromatic rings. The molecule has 6 nitrogen and oxygen atoms in total. The number of carbonyl (C=O) groups is 2. The molecule has 0 saturated carbocycles. The van der Waals surface area contributed by atoms with Gasteiger partial charge < -0.3 is 15.2 Å². The molecule has 0 aliphatic carbocycles. The molecular formula is C18H15F3N4O2. The maximum Gasteiger partial charge on any atom is 0.449 e. The van der Waals surface area contributed by atoms with Gasteiger partial charge in [-0.15, -0.1) is 0 Å². The van der Waals surface area contributed by atoms with Crippen molar-refractivity contribution < 1.29 is 22.8 Å². The van der Waals surface area contributed by atoms with Crippen molar-refractivity contribution in [3.8, 4) is 0 Å². The number of nitrogens with one attached hydrogen (secondary N) is 2. The fraction of sp³-hybridized carbons (Fsp3) is 0.167. The van der Waals surface area contributed by atoms with Gasteiger partial charge in [0.15, 0.2) is 0 Å². The number of alkyl halides is 3. The fourth-order valence-corrected chi connectivity index (χ4v) is 2.68. The zero-order chi connectivity index (χ0) is 19.6. The lowest BCUT2D eigenvalue weighted by Gasteiger charge is -2.12. The Kier molecular flexibility index (Phi) is 4.85. The van der Waals surface area contributed by atoms with Crippen LogP contribution in [0.3, 0.4) is 0 Å². The third-order valence-corrected chi connectivity index (χ3v) is 3.85. The number of anilines is 1. The van der Waals surface area contributed by atoms with Gasteiger partial charge in [-0.2, -0.15) is 13.2 Å². The Bertz CT molecular complexity index is 1010. The minimum absolute atomic E-state index is 0.152. The van der Waals surface area contributed by atoms with Crippen molar-refractivity contribution in [3.05, 3.63) is 59.9 Å². The quantitative estimate of drug-likeness (QED) is 0.735. The number of hydrogen-bond donors (Lipinski definition) is 2. The van der Waals surface area contributed by atoms with E-state index in [-0.39, 0.29) is 16.9 Å². The monoisotopic (exact) mass is 376 g/mol. The number of hydrogen-bond acceptors (Lipinski definition) is 3. The molecule has 0 unspecified atom stereocenters. The van der Waals surface area contributed by atoms with Crippen molar-refractivity contribution in [3.63, 3.8) is 0 Å². The third-order valence-electron chi connectivity index (χ3n) is 3.85. The van der Waals surface area contributed by atoms with Crippen LogP contribution in [0.4, 0.5) is 18.9 Å². The summed E-state index contributed by atoms with van der Waals surface area (Å²) in [7, 11) is 1.47. The lowest BCUT2D eigenvalue weighted by molar-refractivity contribution is -0.147. The molecule has 0 radical (unpaired) electrons. The number of carbonyl (C=O) groups excluding carboxylic acids is 2. The molecule has 140 valence electrons. The van der Waals surface area contributed by atoms with Gasteiger partial charge in [-0.25, -0.2) is 4.98 Å². The van der Waals surface area contributed by atoms with Crippen molar-refractivity contribution >= 4 is 28.5 Å². The van der Waals surface area contributed by atoms with Crippen LogP contribution in [0.15, 0.2) is 48.5 Å². The predicted octanol–water partition coefficient (Wildman–Crippen LogP) is 3.05. The number of para-hydroxylation sites is 2.